The zero-order chi connectivity index (χ0) is 11.8. The van der Waals surface area contributed by atoms with Crippen molar-refractivity contribution >= 4 is 0 Å². The summed E-state index contributed by atoms with van der Waals surface area (Å²) in [5, 5.41) is 3.69. The van der Waals surface area contributed by atoms with Crippen molar-refractivity contribution in [2.75, 3.05) is 33.4 Å². The van der Waals surface area contributed by atoms with Crippen LogP contribution >= 0.6 is 0 Å². The Kier molecular flexibility index (Phi) is 3.30. The Morgan fingerprint density at radius 1 is 1.31 bits per heavy atom. The van der Waals surface area contributed by atoms with Crippen LogP contribution in [-0.4, -0.2) is 49.3 Å². The lowest BCUT2D eigenvalue weighted by molar-refractivity contribution is -0.00403. The Morgan fingerprint density at radius 2 is 2.00 bits per heavy atom. The van der Waals surface area contributed by atoms with E-state index in [9.17, 15) is 0 Å². The van der Waals surface area contributed by atoms with Gasteiger partial charge < -0.3 is 10.1 Å². The van der Waals surface area contributed by atoms with Crippen LogP contribution in [0.25, 0.3) is 0 Å². The first-order chi connectivity index (χ1) is 7.48. The van der Waals surface area contributed by atoms with Crippen molar-refractivity contribution in [3.63, 3.8) is 0 Å². The fourth-order valence-corrected chi connectivity index (χ4v) is 2.89. The molecule has 0 radical (unpaired) electrons. The van der Waals surface area contributed by atoms with Crippen LogP contribution in [0.3, 0.4) is 0 Å². The second-order valence-electron chi connectivity index (χ2n) is 6.28. The summed E-state index contributed by atoms with van der Waals surface area (Å²) in [6, 6.07) is 0. The van der Waals surface area contributed by atoms with Gasteiger partial charge in [0, 0.05) is 37.8 Å². The van der Waals surface area contributed by atoms with Crippen molar-refractivity contribution in [3.8, 4) is 0 Å². The monoisotopic (exact) mass is 226 g/mol. The van der Waals surface area contributed by atoms with Gasteiger partial charge >= 0.3 is 0 Å². The molecule has 94 valence electrons. The van der Waals surface area contributed by atoms with E-state index in [1.54, 1.807) is 7.11 Å². The van der Waals surface area contributed by atoms with E-state index in [1.807, 2.05) is 0 Å². The van der Waals surface area contributed by atoms with Gasteiger partial charge in [-0.3, -0.25) is 4.90 Å². The number of rotatable bonds is 4. The van der Waals surface area contributed by atoms with Gasteiger partial charge in [0.2, 0.25) is 0 Å². The minimum atomic E-state index is 0.238. The molecule has 0 spiro atoms. The summed E-state index contributed by atoms with van der Waals surface area (Å²) in [4.78, 5) is 2.64. The topological polar surface area (TPSA) is 24.5 Å². The number of ether oxygens (including phenoxy) is 1. The largest absolute Gasteiger partial charge is 0.383 e. The number of nitrogens with one attached hydrogen (secondary N) is 1. The third-order valence-corrected chi connectivity index (χ3v) is 4.26. The standard InChI is InChI=1S/C13H26N2O/c1-12(2)10-15(7-8-16-4)13(3,9-14-12)11-5-6-11/h11,14H,5-10H2,1-4H3. The SMILES string of the molecule is COCCN1CC(C)(C)NCC1(C)C1CC1. The molecule has 1 aliphatic heterocycles. The van der Waals surface area contributed by atoms with E-state index in [2.05, 4.69) is 31.0 Å². The Balaban J connectivity index is 2.05. The van der Waals surface area contributed by atoms with Crippen LogP contribution in [0.1, 0.15) is 33.6 Å². The van der Waals surface area contributed by atoms with E-state index in [0.29, 0.717) is 5.54 Å². The molecule has 2 rings (SSSR count). The summed E-state index contributed by atoms with van der Waals surface area (Å²) in [6.45, 7) is 11.2. The van der Waals surface area contributed by atoms with Gasteiger partial charge in [0.05, 0.1) is 6.61 Å². The lowest BCUT2D eigenvalue weighted by atomic mass is 9.86. The molecule has 1 heterocycles. The third-order valence-electron chi connectivity index (χ3n) is 4.26. The Morgan fingerprint density at radius 3 is 2.56 bits per heavy atom. The lowest BCUT2D eigenvalue weighted by Gasteiger charge is -2.51. The molecule has 0 aromatic carbocycles. The Labute approximate surface area is 99.5 Å². The maximum atomic E-state index is 5.24. The molecule has 2 fully saturated rings. The predicted molar refractivity (Wildman–Crippen MR) is 66.7 cm³/mol. The van der Waals surface area contributed by atoms with Crippen LogP contribution in [0, 0.1) is 5.92 Å². The van der Waals surface area contributed by atoms with E-state index < -0.39 is 0 Å². The average molecular weight is 226 g/mol. The summed E-state index contributed by atoms with van der Waals surface area (Å²) in [5.74, 6) is 0.896. The summed E-state index contributed by atoms with van der Waals surface area (Å²) in [5.41, 5.74) is 0.593. The number of piperazine rings is 1. The molecule has 0 aromatic rings. The van der Waals surface area contributed by atoms with Gasteiger partial charge in [-0.2, -0.15) is 0 Å². The molecule has 1 saturated heterocycles. The molecule has 2 aliphatic rings. The second-order valence-corrected chi connectivity index (χ2v) is 6.28. The van der Waals surface area contributed by atoms with E-state index in [1.165, 1.54) is 12.8 Å². The number of hydrogen-bond acceptors (Lipinski definition) is 3. The fraction of sp³-hybridized carbons (Fsp3) is 1.00. The summed E-state index contributed by atoms with van der Waals surface area (Å²) < 4.78 is 5.24. The van der Waals surface area contributed by atoms with Crippen molar-refractivity contribution in [1.29, 1.82) is 0 Å². The van der Waals surface area contributed by atoms with Crippen LogP contribution in [0.15, 0.2) is 0 Å². The minimum absolute atomic E-state index is 0.238. The minimum Gasteiger partial charge on any atom is -0.383 e. The number of methoxy groups -OCH3 is 1. The van der Waals surface area contributed by atoms with Crippen molar-refractivity contribution in [2.45, 2.75) is 44.7 Å². The van der Waals surface area contributed by atoms with E-state index in [0.717, 1.165) is 32.2 Å². The molecule has 1 N–H and O–H groups in total. The van der Waals surface area contributed by atoms with Crippen molar-refractivity contribution < 1.29 is 4.74 Å². The first-order valence-corrected chi connectivity index (χ1v) is 6.47. The van der Waals surface area contributed by atoms with Gasteiger partial charge in [-0.15, -0.1) is 0 Å². The molecule has 1 saturated carbocycles. The van der Waals surface area contributed by atoms with Gasteiger partial charge in [-0.05, 0) is 39.5 Å². The summed E-state index contributed by atoms with van der Waals surface area (Å²) in [6.07, 6.45) is 2.81. The Hall–Kier alpha value is -0.120. The highest BCUT2D eigenvalue weighted by atomic mass is 16.5. The highest BCUT2D eigenvalue weighted by Gasteiger charge is 2.49. The zero-order valence-corrected chi connectivity index (χ0v) is 11.2. The Bertz CT molecular complexity index is 250. The van der Waals surface area contributed by atoms with Gasteiger partial charge in [0.25, 0.3) is 0 Å². The van der Waals surface area contributed by atoms with E-state index >= 15 is 0 Å². The quantitative estimate of drug-likeness (QED) is 0.786. The molecular weight excluding hydrogens is 200 g/mol. The maximum absolute atomic E-state index is 5.24. The molecule has 16 heavy (non-hydrogen) atoms. The van der Waals surface area contributed by atoms with E-state index in [4.69, 9.17) is 4.74 Å². The second kappa shape index (κ2) is 4.28. The molecule has 1 unspecified atom stereocenters. The van der Waals surface area contributed by atoms with Gasteiger partial charge in [-0.25, -0.2) is 0 Å². The molecule has 3 nitrogen and oxygen atoms in total. The van der Waals surface area contributed by atoms with Crippen molar-refractivity contribution in [2.24, 2.45) is 5.92 Å². The van der Waals surface area contributed by atoms with Crippen LogP contribution < -0.4 is 5.32 Å². The predicted octanol–water partition coefficient (Wildman–Crippen LogP) is 1.49. The molecular formula is C13H26N2O. The molecule has 1 aliphatic carbocycles. The van der Waals surface area contributed by atoms with Crippen LogP contribution in [-0.2, 0) is 4.74 Å². The molecule has 3 heteroatoms. The molecule has 0 bridgehead atoms. The first kappa shape index (κ1) is 12.3. The molecule has 1 atom stereocenters. The highest BCUT2D eigenvalue weighted by molar-refractivity contribution is 5.06. The van der Waals surface area contributed by atoms with Gasteiger partial charge in [0.15, 0.2) is 0 Å². The lowest BCUT2D eigenvalue weighted by Crippen LogP contribution is -2.68. The fourth-order valence-electron chi connectivity index (χ4n) is 2.89. The maximum Gasteiger partial charge on any atom is 0.0589 e. The van der Waals surface area contributed by atoms with E-state index in [-0.39, 0.29) is 5.54 Å². The first-order valence-electron chi connectivity index (χ1n) is 6.47. The zero-order valence-electron chi connectivity index (χ0n) is 11.2. The summed E-state index contributed by atoms with van der Waals surface area (Å²) >= 11 is 0. The number of hydrogen-bond donors (Lipinski definition) is 1. The van der Waals surface area contributed by atoms with Gasteiger partial charge in [-0.1, -0.05) is 0 Å². The van der Waals surface area contributed by atoms with Crippen LogP contribution in [0.4, 0.5) is 0 Å². The van der Waals surface area contributed by atoms with Crippen LogP contribution in [0.2, 0.25) is 0 Å². The van der Waals surface area contributed by atoms with Crippen LogP contribution in [0.5, 0.6) is 0 Å². The van der Waals surface area contributed by atoms with Gasteiger partial charge in [0.1, 0.15) is 0 Å². The highest BCUT2D eigenvalue weighted by Crippen LogP contribution is 2.44. The smallest absolute Gasteiger partial charge is 0.0589 e. The molecule has 0 amide bonds. The van der Waals surface area contributed by atoms with Crippen molar-refractivity contribution in [1.82, 2.24) is 10.2 Å². The number of nitrogens with zero attached hydrogens (tertiary/aromatic N) is 1. The summed E-state index contributed by atoms with van der Waals surface area (Å²) in [7, 11) is 1.79. The van der Waals surface area contributed by atoms with Crippen molar-refractivity contribution in [3.05, 3.63) is 0 Å². The average Bonchev–Trinajstić information content (AvgIpc) is 3.03. The molecule has 0 aromatic heterocycles. The third kappa shape index (κ3) is 2.41. The normalized spacial score (nSPS) is 35.2.